The first-order valence-corrected chi connectivity index (χ1v) is 13.9. The minimum absolute atomic E-state index is 0.0401. The van der Waals surface area contributed by atoms with Gasteiger partial charge in [-0.05, 0) is 79.0 Å². The van der Waals surface area contributed by atoms with Gasteiger partial charge in [0.05, 0.1) is 16.5 Å². The third-order valence-electron chi connectivity index (χ3n) is 9.14. The van der Waals surface area contributed by atoms with Crippen molar-refractivity contribution in [1.82, 2.24) is 14.5 Å². The molecule has 2 saturated heterocycles. The first kappa shape index (κ1) is 23.6. The Bertz CT molecular complexity index is 1520. The number of hydrogen-bond acceptors (Lipinski definition) is 4. The molecule has 0 bridgehead atoms. The van der Waals surface area contributed by atoms with Crippen molar-refractivity contribution < 1.29 is 9.90 Å². The highest BCUT2D eigenvalue weighted by molar-refractivity contribution is 6.36. The summed E-state index contributed by atoms with van der Waals surface area (Å²) in [4.78, 5) is 22.2. The number of carbonyl (C=O) groups is 1. The van der Waals surface area contributed by atoms with E-state index in [-0.39, 0.29) is 23.2 Å². The fourth-order valence-corrected chi connectivity index (χ4v) is 7.24. The number of aryl methyl sites for hydroxylation is 1. The van der Waals surface area contributed by atoms with Crippen LogP contribution in [0.5, 0.6) is 5.88 Å². The lowest BCUT2D eigenvalue weighted by atomic mass is 9.77. The first-order chi connectivity index (χ1) is 18.5. The topological polar surface area (TPSA) is 61.6 Å². The standard InChI is InChI=1S/C31H31ClN4O2/c32-26-3-1-2-23-19-36(30(38)28(23)26)27-7-5-21-18-22(4-6-25(21)27)29(37)35-17-12-31(20-35)10-15-34(16-11-31)24-8-13-33-14-9-24/h1-4,6,8-9,13-14,18-19,27,38H,5,7,10-12,15-17,20H2/t27-/m0/s1. The number of hydrogen-bond donors (Lipinski definition) is 1. The Morgan fingerprint density at radius 3 is 2.61 bits per heavy atom. The van der Waals surface area contributed by atoms with Crippen LogP contribution >= 0.6 is 11.6 Å². The molecule has 2 fully saturated rings. The summed E-state index contributed by atoms with van der Waals surface area (Å²) in [6, 6.07) is 16.0. The molecule has 1 N–H and O–H groups in total. The lowest BCUT2D eigenvalue weighted by Gasteiger charge is -2.40. The summed E-state index contributed by atoms with van der Waals surface area (Å²) in [5.74, 6) is 0.354. The Morgan fingerprint density at radius 2 is 1.82 bits per heavy atom. The van der Waals surface area contributed by atoms with Crippen molar-refractivity contribution in [2.75, 3.05) is 31.1 Å². The third kappa shape index (κ3) is 3.85. The van der Waals surface area contributed by atoms with E-state index in [9.17, 15) is 9.90 Å². The smallest absolute Gasteiger partial charge is 0.253 e. The van der Waals surface area contributed by atoms with Gasteiger partial charge in [0.15, 0.2) is 0 Å². The zero-order chi connectivity index (χ0) is 25.9. The summed E-state index contributed by atoms with van der Waals surface area (Å²) in [6.45, 7) is 3.73. The van der Waals surface area contributed by atoms with E-state index in [1.807, 2.05) is 41.4 Å². The van der Waals surface area contributed by atoms with Crippen LogP contribution in [-0.4, -0.2) is 51.6 Å². The van der Waals surface area contributed by atoms with Crippen molar-refractivity contribution in [3.05, 3.63) is 88.8 Å². The number of aromatic hydroxyl groups is 1. The molecule has 2 aromatic carbocycles. The van der Waals surface area contributed by atoms with Gasteiger partial charge in [0.2, 0.25) is 5.88 Å². The summed E-state index contributed by atoms with van der Waals surface area (Å²) in [5, 5.41) is 13.1. The number of fused-ring (bicyclic) bond motifs is 2. The minimum atomic E-state index is 0.0401. The average molecular weight is 527 g/mol. The molecular formula is C31H31ClN4O2. The van der Waals surface area contributed by atoms with Crippen LogP contribution < -0.4 is 4.90 Å². The Kier molecular flexibility index (Phi) is 5.62. The van der Waals surface area contributed by atoms with Gasteiger partial charge in [0.1, 0.15) is 0 Å². The SMILES string of the molecule is O=C(c1ccc2c(c1)CC[C@@H]2n1cc2cccc(Cl)c2c1O)N1CCC2(CCN(c3ccncc3)CC2)C1. The van der Waals surface area contributed by atoms with E-state index in [1.165, 1.54) is 16.8 Å². The zero-order valence-corrected chi connectivity index (χ0v) is 22.1. The van der Waals surface area contributed by atoms with Crippen LogP contribution in [0.1, 0.15) is 53.2 Å². The van der Waals surface area contributed by atoms with Crippen molar-refractivity contribution in [3.63, 3.8) is 0 Å². The van der Waals surface area contributed by atoms with Crippen molar-refractivity contribution in [1.29, 1.82) is 0 Å². The molecule has 2 aromatic heterocycles. The molecule has 0 saturated carbocycles. The van der Waals surface area contributed by atoms with E-state index in [1.54, 1.807) is 6.07 Å². The molecule has 4 heterocycles. The summed E-state index contributed by atoms with van der Waals surface area (Å²) >= 11 is 6.37. The lowest BCUT2D eigenvalue weighted by molar-refractivity contribution is 0.0764. The Labute approximate surface area is 227 Å². The van der Waals surface area contributed by atoms with Crippen molar-refractivity contribution in [2.24, 2.45) is 5.41 Å². The van der Waals surface area contributed by atoms with Crippen LogP contribution in [0.15, 0.2) is 67.1 Å². The highest BCUT2D eigenvalue weighted by Gasteiger charge is 2.42. The summed E-state index contributed by atoms with van der Waals surface area (Å²) < 4.78 is 1.94. The van der Waals surface area contributed by atoms with Crippen molar-refractivity contribution >= 4 is 34.0 Å². The normalized spacial score (nSPS) is 20.4. The average Bonchev–Trinajstić information content (AvgIpc) is 3.65. The lowest BCUT2D eigenvalue weighted by Crippen LogP contribution is -2.42. The van der Waals surface area contributed by atoms with Gasteiger partial charge < -0.3 is 19.5 Å². The number of piperidine rings is 1. The number of anilines is 1. The van der Waals surface area contributed by atoms with Gasteiger partial charge in [0, 0.05) is 61.4 Å². The van der Waals surface area contributed by atoms with E-state index in [2.05, 4.69) is 39.0 Å². The van der Waals surface area contributed by atoms with Gasteiger partial charge in [-0.25, -0.2) is 0 Å². The molecule has 1 amide bonds. The summed E-state index contributed by atoms with van der Waals surface area (Å²) in [6.07, 6.45) is 10.8. The fourth-order valence-electron chi connectivity index (χ4n) is 6.97. The molecule has 0 unspecified atom stereocenters. The predicted octanol–water partition coefficient (Wildman–Crippen LogP) is 6.06. The van der Waals surface area contributed by atoms with Crippen LogP contribution in [0.25, 0.3) is 10.8 Å². The molecule has 3 aliphatic rings. The first-order valence-electron chi connectivity index (χ1n) is 13.6. The number of nitrogens with zero attached hydrogens (tertiary/aromatic N) is 4. The second-order valence-electron chi connectivity index (χ2n) is 11.2. The van der Waals surface area contributed by atoms with E-state index in [4.69, 9.17) is 11.6 Å². The quantitative estimate of drug-likeness (QED) is 0.352. The Morgan fingerprint density at radius 1 is 1.03 bits per heavy atom. The van der Waals surface area contributed by atoms with Gasteiger partial charge >= 0.3 is 0 Å². The molecule has 1 spiro atoms. The number of pyridine rings is 1. The fraction of sp³-hybridized carbons (Fsp3) is 0.355. The maximum atomic E-state index is 13.6. The molecule has 6 nitrogen and oxygen atoms in total. The monoisotopic (exact) mass is 526 g/mol. The van der Waals surface area contributed by atoms with Crippen LogP contribution in [0.4, 0.5) is 5.69 Å². The van der Waals surface area contributed by atoms with E-state index in [0.717, 1.165) is 69.2 Å². The van der Waals surface area contributed by atoms with Crippen molar-refractivity contribution in [3.8, 4) is 5.88 Å². The van der Waals surface area contributed by atoms with Gasteiger partial charge in [-0.1, -0.05) is 29.8 Å². The van der Waals surface area contributed by atoms with Crippen LogP contribution in [0.2, 0.25) is 5.02 Å². The Hall–Kier alpha value is -3.51. The largest absolute Gasteiger partial charge is 0.494 e. The van der Waals surface area contributed by atoms with Crippen molar-refractivity contribution in [2.45, 2.75) is 38.1 Å². The number of carbonyl (C=O) groups excluding carboxylic acids is 1. The van der Waals surface area contributed by atoms with Gasteiger partial charge in [-0.2, -0.15) is 0 Å². The van der Waals surface area contributed by atoms with E-state index >= 15 is 0 Å². The van der Waals surface area contributed by atoms with E-state index < -0.39 is 0 Å². The highest BCUT2D eigenvalue weighted by atomic mass is 35.5. The molecule has 194 valence electrons. The van der Waals surface area contributed by atoms with Gasteiger partial charge in [-0.3, -0.25) is 9.78 Å². The summed E-state index contributed by atoms with van der Waals surface area (Å²) in [7, 11) is 0. The van der Waals surface area contributed by atoms with Crippen LogP contribution in [0.3, 0.4) is 0 Å². The minimum Gasteiger partial charge on any atom is -0.494 e. The Balaban J connectivity index is 1.06. The number of amides is 1. The molecule has 4 aromatic rings. The maximum Gasteiger partial charge on any atom is 0.253 e. The number of halogens is 1. The molecule has 1 aliphatic carbocycles. The van der Waals surface area contributed by atoms with Gasteiger partial charge in [0.25, 0.3) is 5.91 Å². The molecule has 7 heteroatoms. The number of benzene rings is 2. The second kappa shape index (κ2) is 9.05. The molecular weight excluding hydrogens is 496 g/mol. The molecule has 0 radical (unpaired) electrons. The molecule has 2 aliphatic heterocycles. The van der Waals surface area contributed by atoms with E-state index in [0.29, 0.717) is 10.4 Å². The summed E-state index contributed by atoms with van der Waals surface area (Å²) in [5.41, 5.74) is 4.62. The number of likely N-dealkylation sites (tertiary alicyclic amines) is 1. The predicted molar refractivity (Wildman–Crippen MR) is 150 cm³/mol. The molecule has 7 rings (SSSR count). The maximum absolute atomic E-state index is 13.6. The number of rotatable bonds is 3. The highest BCUT2D eigenvalue weighted by Crippen LogP contribution is 2.44. The third-order valence-corrected chi connectivity index (χ3v) is 9.46. The second-order valence-corrected chi connectivity index (χ2v) is 11.6. The van der Waals surface area contributed by atoms with Crippen LogP contribution in [0, 0.1) is 5.41 Å². The van der Waals surface area contributed by atoms with Gasteiger partial charge in [-0.15, -0.1) is 0 Å². The van der Waals surface area contributed by atoms with Crippen LogP contribution in [-0.2, 0) is 6.42 Å². The zero-order valence-electron chi connectivity index (χ0n) is 21.3. The molecule has 38 heavy (non-hydrogen) atoms. The molecule has 1 atom stereocenters. The number of aromatic nitrogens is 2.